The number of hydrazine groups is 1. The summed E-state index contributed by atoms with van der Waals surface area (Å²) in [4.78, 5) is 24.9. The van der Waals surface area contributed by atoms with Gasteiger partial charge in [-0.1, -0.05) is 18.2 Å². The van der Waals surface area contributed by atoms with Gasteiger partial charge in [0.1, 0.15) is 24.4 Å². The van der Waals surface area contributed by atoms with Crippen LogP contribution in [-0.2, 0) is 9.47 Å². The highest BCUT2D eigenvalue weighted by atomic mass is 16.7. The summed E-state index contributed by atoms with van der Waals surface area (Å²) in [6.07, 6.45) is -3.64. The van der Waals surface area contributed by atoms with Gasteiger partial charge in [0.15, 0.2) is 6.29 Å². The number of hydrogen-bond donors (Lipinski definition) is 4. The molecule has 9 nitrogen and oxygen atoms in total. The molecule has 0 bridgehead atoms. The lowest BCUT2D eigenvalue weighted by Gasteiger charge is -2.43. The van der Waals surface area contributed by atoms with Crippen LogP contribution in [0.2, 0.25) is 0 Å². The fourth-order valence-electron chi connectivity index (χ4n) is 2.98. The molecule has 4 N–H and O–H groups in total. The number of amides is 2. The van der Waals surface area contributed by atoms with Crippen molar-refractivity contribution in [3.8, 4) is 0 Å². The summed E-state index contributed by atoms with van der Waals surface area (Å²) in [5.41, 5.74) is 3.07. The first-order valence-electron chi connectivity index (χ1n) is 8.08. The SMILES string of the molecule is C=CCO[C@@H]1O[C@H](CO)[C@@H](O)[C@H](O)[C@H]1NN1C(=O)c2ccccc2C1=O. The number of benzene rings is 1. The Balaban J connectivity index is 1.83. The summed E-state index contributed by atoms with van der Waals surface area (Å²) in [6, 6.07) is 5.19. The van der Waals surface area contributed by atoms with E-state index in [2.05, 4.69) is 12.0 Å². The molecule has 3 rings (SSSR count). The van der Waals surface area contributed by atoms with E-state index in [-0.39, 0.29) is 17.7 Å². The van der Waals surface area contributed by atoms with Crippen LogP contribution in [0.5, 0.6) is 0 Å². The minimum absolute atomic E-state index is 0.0614. The van der Waals surface area contributed by atoms with Crippen molar-refractivity contribution >= 4 is 11.8 Å². The molecule has 26 heavy (non-hydrogen) atoms. The van der Waals surface area contributed by atoms with Crippen LogP contribution in [0.3, 0.4) is 0 Å². The summed E-state index contributed by atoms with van der Waals surface area (Å²) in [5, 5.41) is 30.5. The van der Waals surface area contributed by atoms with Gasteiger partial charge in [0, 0.05) is 0 Å². The van der Waals surface area contributed by atoms with Crippen molar-refractivity contribution in [3.05, 3.63) is 48.0 Å². The number of ether oxygens (including phenoxy) is 2. The number of hydrogen-bond acceptors (Lipinski definition) is 8. The molecule has 2 aliphatic rings. The molecule has 0 unspecified atom stereocenters. The number of nitrogens with zero attached hydrogens (tertiary/aromatic N) is 1. The van der Waals surface area contributed by atoms with Crippen molar-refractivity contribution in [2.75, 3.05) is 13.2 Å². The standard InChI is InChI=1S/C17H20N2O7/c1-2-7-25-17-12(14(22)13(21)11(8-20)26-17)18-19-15(23)9-5-3-4-6-10(9)16(19)24/h2-6,11-14,17-18,20-22H,1,7-8H2/t11-,12-,13-,14-,17-/m1/s1. The van der Waals surface area contributed by atoms with Gasteiger partial charge in [-0.05, 0) is 12.1 Å². The number of nitrogens with one attached hydrogen (secondary N) is 1. The number of aliphatic hydroxyl groups excluding tert-OH is 3. The molecule has 2 amide bonds. The molecule has 0 radical (unpaired) electrons. The largest absolute Gasteiger partial charge is 0.394 e. The van der Waals surface area contributed by atoms with E-state index in [0.29, 0.717) is 0 Å². The number of fused-ring (bicyclic) bond motifs is 1. The van der Waals surface area contributed by atoms with Gasteiger partial charge >= 0.3 is 0 Å². The van der Waals surface area contributed by atoms with Gasteiger partial charge in [-0.3, -0.25) is 9.59 Å². The van der Waals surface area contributed by atoms with Crippen molar-refractivity contribution in [1.29, 1.82) is 0 Å². The Morgan fingerprint density at radius 2 is 1.81 bits per heavy atom. The van der Waals surface area contributed by atoms with Crippen molar-refractivity contribution in [2.45, 2.75) is 30.6 Å². The maximum Gasteiger partial charge on any atom is 0.276 e. The lowest BCUT2D eigenvalue weighted by atomic mass is 9.97. The minimum Gasteiger partial charge on any atom is -0.394 e. The third-order valence-electron chi connectivity index (χ3n) is 4.33. The van der Waals surface area contributed by atoms with E-state index in [9.17, 15) is 24.9 Å². The lowest BCUT2D eigenvalue weighted by Crippen LogP contribution is -2.67. The molecule has 9 heteroatoms. The zero-order chi connectivity index (χ0) is 18.8. The van der Waals surface area contributed by atoms with Crippen molar-refractivity contribution < 1.29 is 34.4 Å². The fraction of sp³-hybridized carbons (Fsp3) is 0.412. The molecule has 0 aliphatic carbocycles. The molecule has 2 aliphatic heterocycles. The Hall–Kier alpha value is -2.14. The number of carbonyl (C=O) groups is 2. The quantitative estimate of drug-likeness (QED) is 0.366. The zero-order valence-electron chi connectivity index (χ0n) is 13.8. The first-order chi connectivity index (χ1) is 12.5. The highest BCUT2D eigenvalue weighted by molar-refractivity contribution is 6.20. The topological polar surface area (TPSA) is 129 Å². The number of imide groups is 1. The normalized spacial score (nSPS) is 31.2. The third-order valence-corrected chi connectivity index (χ3v) is 4.33. The van der Waals surface area contributed by atoms with E-state index in [0.717, 1.165) is 5.01 Å². The Labute approximate surface area is 149 Å². The van der Waals surface area contributed by atoms with Crippen molar-refractivity contribution in [1.82, 2.24) is 10.4 Å². The highest BCUT2D eigenvalue weighted by Gasteiger charge is 2.48. The van der Waals surface area contributed by atoms with Crippen LogP contribution in [0, 0.1) is 0 Å². The second-order valence-corrected chi connectivity index (χ2v) is 5.97. The van der Waals surface area contributed by atoms with Crippen LogP contribution in [0.15, 0.2) is 36.9 Å². The Morgan fingerprint density at radius 1 is 1.19 bits per heavy atom. The predicted molar refractivity (Wildman–Crippen MR) is 87.8 cm³/mol. The smallest absolute Gasteiger partial charge is 0.276 e. The summed E-state index contributed by atoms with van der Waals surface area (Å²) in [7, 11) is 0. The first-order valence-corrected chi connectivity index (χ1v) is 8.08. The number of carbonyl (C=O) groups excluding carboxylic acids is 2. The first kappa shape index (κ1) is 18.6. The Kier molecular flexibility index (Phi) is 5.47. The predicted octanol–water partition coefficient (Wildman–Crippen LogP) is -1.20. The van der Waals surface area contributed by atoms with Crippen LogP contribution in [-0.4, -0.2) is 76.0 Å². The van der Waals surface area contributed by atoms with Gasteiger partial charge < -0.3 is 24.8 Å². The second-order valence-electron chi connectivity index (χ2n) is 5.97. The van der Waals surface area contributed by atoms with Crippen molar-refractivity contribution in [2.24, 2.45) is 0 Å². The average molecular weight is 364 g/mol. The van der Waals surface area contributed by atoms with Gasteiger partial charge in [0.05, 0.1) is 24.3 Å². The molecule has 1 saturated heterocycles. The van der Waals surface area contributed by atoms with Crippen LogP contribution < -0.4 is 5.43 Å². The summed E-state index contributed by atoms with van der Waals surface area (Å²) in [5.74, 6) is -1.17. The van der Waals surface area contributed by atoms with E-state index in [1.165, 1.54) is 18.2 Å². The van der Waals surface area contributed by atoms with Gasteiger partial charge in [-0.15, -0.1) is 6.58 Å². The van der Waals surface area contributed by atoms with E-state index < -0.39 is 49.1 Å². The maximum atomic E-state index is 12.5. The van der Waals surface area contributed by atoms with Gasteiger partial charge in [0.2, 0.25) is 0 Å². The Bertz CT molecular complexity index is 675. The summed E-state index contributed by atoms with van der Waals surface area (Å²) < 4.78 is 10.9. The van der Waals surface area contributed by atoms with Crippen LogP contribution >= 0.6 is 0 Å². The zero-order valence-corrected chi connectivity index (χ0v) is 13.8. The summed E-state index contributed by atoms with van der Waals surface area (Å²) in [6.45, 7) is 3.04. The van der Waals surface area contributed by atoms with E-state index in [4.69, 9.17) is 9.47 Å². The van der Waals surface area contributed by atoms with Crippen LogP contribution in [0.4, 0.5) is 0 Å². The number of aliphatic hydroxyl groups is 3. The Morgan fingerprint density at radius 3 is 2.35 bits per heavy atom. The average Bonchev–Trinajstić information content (AvgIpc) is 2.90. The lowest BCUT2D eigenvalue weighted by molar-refractivity contribution is -0.271. The van der Waals surface area contributed by atoms with E-state index in [1.54, 1.807) is 12.1 Å². The molecular weight excluding hydrogens is 344 g/mol. The molecular formula is C17H20N2O7. The molecule has 1 aromatic rings. The van der Waals surface area contributed by atoms with Gasteiger partial charge in [-0.2, -0.15) is 0 Å². The fourth-order valence-corrected chi connectivity index (χ4v) is 2.98. The summed E-state index contributed by atoms with van der Waals surface area (Å²) >= 11 is 0. The van der Waals surface area contributed by atoms with Gasteiger partial charge in [-0.25, -0.2) is 10.4 Å². The van der Waals surface area contributed by atoms with E-state index in [1.807, 2.05) is 0 Å². The van der Waals surface area contributed by atoms with Crippen molar-refractivity contribution in [3.63, 3.8) is 0 Å². The molecule has 0 aromatic heterocycles. The molecule has 0 spiro atoms. The van der Waals surface area contributed by atoms with Crippen LogP contribution in [0.1, 0.15) is 20.7 Å². The monoisotopic (exact) mass is 364 g/mol. The van der Waals surface area contributed by atoms with E-state index >= 15 is 0 Å². The minimum atomic E-state index is -1.46. The maximum absolute atomic E-state index is 12.5. The van der Waals surface area contributed by atoms with Crippen LogP contribution in [0.25, 0.3) is 0 Å². The molecule has 5 atom stereocenters. The van der Waals surface area contributed by atoms with Gasteiger partial charge in [0.25, 0.3) is 11.8 Å². The molecule has 140 valence electrons. The third kappa shape index (κ3) is 3.16. The highest BCUT2D eigenvalue weighted by Crippen LogP contribution is 2.26. The molecule has 2 heterocycles. The number of rotatable bonds is 6. The molecule has 1 fully saturated rings. The molecule has 0 saturated carbocycles. The second kappa shape index (κ2) is 7.62. The molecule has 1 aromatic carbocycles.